The molecule has 1 aromatic rings. The number of hydrogen-bond donors (Lipinski definition) is 1. The molecule has 2 rings (SSSR count). The van der Waals surface area contributed by atoms with E-state index in [1.807, 2.05) is 0 Å². The van der Waals surface area contributed by atoms with Crippen LogP contribution >= 0.6 is 0 Å². The minimum Gasteiger partial charge on any atom is -0.354 e. The first kappa shape index (κ1) is 16.2. The summed E-state index contributed by atoms with van der Waals surface area (Å²) in [5.41, 5.74) is 2.60. The Morgan fingerprint density at radius 2 is 1.86 bits per heavy atom. The van der Waals surface area contributed by atoms with E-state index in [0.29, 0.717) is 0 Å². The minimum atomic E-state index is 0.942. The largest absolute Gasteiger partial charge is 0.354 e. The number of piperazine rings is 1. The van der Waals surface area contributed by atoms with Gasteiger partial charge in [0.25, 0.3) is 0 Å². The maximum Gasteiger partial charge on any atom is 0.129 e. The topological polar surface area (TPSA) is 31.4 Å². The highest BCUT2D eigenvalue weighted by Crippen LogP contribution is 2.18. The number of likely N-dealkylation sites (N-methyl/N-ethyl adjacent to an activating group) is 1. The van der Waals surface area contributed by atoms with Crippen molar-refractivity contribution in [2.75, 3.05) is 44.2 Å². The number of anilines is 1. The van der Waals surface area contributed by atoms with Crippen LogP contribution in [0.25, 0.3) is 0 Å². The number of aromatic nitrogens is 1. The molecule has 0 aromatic carbocycles. The number of hydrogen-bond acceptors (Lipinski definition) is 4. The average molecular weight is 290 g/mol. The van der Waals surface area contributed by atoms with E-state index in [-0.39, 0.29) is 0 Å². The zero-order chi connectivity index (χ0) is 15.1. The van der Waals surface area contributed by atoms with Crippen molar-refractivity contribution in [3.63, 3.8) is 0 Å². The van der Waals surface area contributed by atoms with Crippen LogP contribution < -0.4 is 10.2 Å². The number of rotatable bonds is 7. The van der Waals surface area contributed by atoms with Crippen molar-refractivity contribution in [1.29, 1.82) is 0 Å². The van der Waals surface area contributed by atoms with Gasteiger partial charge in [-0.15, -0.1) is 0 Å². The third-order valence-electron chi connectivity index (χ3n) is 4.15. The van der Waals surface area contributed by atoms with Gasteiger partial charge in [0.15, 0.2) is 0 Å². The van der Waals surface area contributed by atoms with Gasteiger partial charge in [-0.1, -0.05) is 27.2 Å². The Bertz CT molecular complexity index is 425. The Kier molecular flexibility index (Phi) is 6.46. The molecule has 1 saturated heterocycles. The summed E-state index contributed by atoms with van der Waals surface area (Å²) < 4.78 is 0. The van der Waals surface area contributed by atoms with E-state index in [2.05, 4.69) is 48.0 Å². The standard InChI is InChI=1S/C17H30N4/c1-4-7-16-12-15(14-18-5-2)13-17(19-16)21-10-8-20(6-3)9-11-21/h12-13,18H,4-11,14H2,1-3H3. The molecule has 0 radical (unpaired) electrons. The molecule has 1 aliphatic heterocycles. The summed E-state index contributed by atoms with van der Waals surface area (Å²) in [6.07, 6.45) is 2.22. The molecule has 1 aliphatic rings. The highest BCUT2D eigenvalue weighted by Gasteiger charge is 2.17. The monoisotopic (exact) mass is 290 g/mol. The summed E-state index contributed by atoms with van der Waals surface area (Å²) in [5, 5.41) is 3.43. The van der Waals surface area contributed by atoms with E-state index in [9.17, 15) is 0 Å². The molecule has 1 aromatic heterocycles. The second-order valence-corrected chi connectivity index (χ2v) is 5.78. The van der Waals surface area contributed by atoms with Crippen molar-refractivity contribution < 1.29 is 0 Å². The lowest BCUT2D eigenvalue weighted by atomic mass is 10.1. The quantitative estimate of drug-likeness (QED) is 0.835. The molecule has 0 unspecified atom stereocenters. The van der Waals surface area contributed by atoms with Crippen LogP contribution in [-0.2, 0) is 13.0 Å². The lowest BCUT2D eigenvalue weighted by molar-refractivity contribution is 0.270. The molecule has 0 atom stereocenters. The maximum absolute atomic E-state index is 4.89. The molecule has 2 heterocycles. The second kappa shape index (κ2) is 8.35. The van der Waals surface area contributed by atoms with Gasteiger partial charge >= 0.3 is 0 Å². The van der Waals surface area contributed by atoms with Gasteiger partial charge in [-0.2, -0.15) is 0 Å². The van der Waals surface area contributed by atoms with Crippen LogP contribution in [0.15, 0.2) is 12.1 Å². The molecule has 0 bridgehead atoms. The van der Waals surface area contributed by atoms with E-state index in [4.69, 9.17) is 4.98 Å². The maximum atomic E-state index is 4.89. The third-order valence-corrected chi connectivity index (χ3v) is 4.15. The van der Waals surface area contributed by atoms with Gasteiger partial charge in [0, 0.05) is 38.4 Å². The number of aryl methyl sites for hydroxylation is 1. The number of nitrogens with one attached hydrogen (secondary N) is 1. The van der Waals surface area contributed by atoms with E-state index < -0.39 is 0 Å². The van der Waals surface area contributed by atoms with Gasteiger partial charge in [0.05, 0.1) is 0 Å². The Balaban J connectivity index is 2.11. The Hall–Kier alpha value is -1.13. The molecule has 0 amide bonds. The van der Waals surface area contributed by atoms with E-state index >= 15 is 0 Å². The van der Waals surface area contributed by atoms with Gasteiger partial charge in [0.1, 0.15) is 5.82 Å². The van der Waals surface area contributed by atoms with Gasteiger partial charge in [-0.25, -0.2) is 4.98 Å². The Morgan fingerprint density at radius 3 is 2.48 bits per heavy atom. The predicted octanol–water partition coefficient (Wildman–Crippen LogP) is 2.29. The molecule has 0 spiro atoms. The van der Waals surface area contributed by atoms with Crippen LogP contribution in [0.5, 0.6) is 0 Å². The summed E-state index contributed by atoms with van der Waals surface area (Å²) in [7, 11) is 0. The molecule has 0 saturated carbocycles. The normalized spacial score (nSPS) is 16.4. The lowest BCUT2D eigenvalue weighted by Gasteiger charge is -2.35. The van der Waals surface area contributed by atoms with E-state index in [1.165, 1.54) is 17.1 Å². The highest BCUT2D eigenvalue weighted by atomic mass is 15.3. The van der Waals surface area contributed by atoms with Crippen LogP contribution in [0.1, 0.15) is 38.4 Å². The average Bonchev–Trinajstić information content (AvgIpc) is 2.53. The fourth-order valence-electron chi connectivity index (χ4n) is 2.84. The van der Waals surface area contributed by atoms with Crippen molar-refractivity contribution in [2.45, 2.75) is 40.2 Å². The summed E-state index contributed by atoms with van der Waals surface area (Å²) in [4.78, 5) is 9.84. The smallest absolute Gasteiger partial charge is 0.129 e. The molecular formula is C17H30N4. The van der Waals surface area contributed by atoms with E-state index in [0.717, 1.165) is 58.7 Å². The van der Waals surface area contributed by atoms with Gasteiger partial charge in [-0.3, -0.25) is 0 Å². The Morgan fingerprint density at radius 1 is 1.10 bits per heavy atom. The molecule has 1 N–H and O–H groups in total. The first-order chi connectivity index (χ1) is 10.3. The van der Waals surface area contributed by atoms with Gasteiger partial charge in [-0.05, 0) is 37.2 Å². The molecule has 118 valence electrons. The third kappa shape index (κ3) is 4.68. The van der Waals surface area contributed by atoms with Gasteiger partial charge in [0.2, 0.25) is 0 Å². The van der Waals surface area contributed by atoms with Crippen molar-refractivity contribution >= 4 is 5.82 Å². The number of pyridine rings is 1. The molecule has 4 nitrogen and oxygen atoms in total. The van der Waals surface area contributed by atoms with Crippen molar-refractivity contribution in [3.8, 4) is 0 Å². The molecule has 1 fully saturated rings. The van der Waals surface area contributed by atoms with Crippen molar-refractivity contribution in [3.05, 3.63) is 23.4 Å². The summed E-state index contributed by atoms with van der Waals surface area (Å²) in [5.74, 6) is 1.17. The fourth-order valence-corrected chi connectivity index (χ4v) is 2.84. The summed E-state index contributed by atoms with van der Waals surface area (Å²) in [6.45, 7) is 14.2. The first-order valence-corrected chi connectivity index (χ1v) is 8.44. The molecule has 0 aliphatic carbocycles. The second-order valence-electron chi connectivity index (χ2n) is 5.78. The Labute approximate surface area is 129 Å². The molecular weight excluding hydrogens is 260 g/mol. The van der Waals surface area contributed by atoms with Crippen molar-refractivity contribution in [2.24, 2.45) is 0 Å². The molecule has 21 heavy (non-hydrogen) atoms. The minimum absolute atomic E-state index is 0.942. The summed E-state index contributed by atoms with van der Waals surface area (Å²) in [6, 6.07) is 4.53. The van der Waals surface area contributed by atoms with Crippen LogP contribution in [0, 0.1) is 0 Å². The van der Waals surface area contributed by atoms with Crippen LogP contribution in [0.2, 0.25) is 0 Å². The SMILES string of the molecule is CCCc1cc(CNCC)cc(N2CCN(CC)CC2)n1. The van der Waals surface area contributed by atoms with E-state index in [1.54, 1.807) is 0 Å². The first-order valence-electron chi connectivity index (χ1n) is 8.44. The van der Waals surface area contributed by atoms with Crippen LogP contribution in [0.4, 0.5) is 5.82 Å². The lowest BCUT2D eigenvalue weighted by Crippen LogP contribution is -2.46. The van der Waals surface area contributed by atoms with Crippen LogP contribution in [0.3, 0.4) is 0 Å². The van der Waals surface area contributed by atoms with Crippen molar-refractivity contribution in [1.82, 2.24) is 15.2 Å². The summed E-state index contributed by atoms with van der Waals surface area (Å²) >= 11 is 0. The predicted molar refractivity (Wildman–Crippen MR) is 89.9 cm³/mol. The highest BCUT2D eigenvalue weighted by molar-refractivity contribution is 5.43. The fraction of sp³-hybridized carbons (Fsp3) is 0.706. The zero-order valence-electron chi connectivity index (χ0n) is 13.9. The molecule has 4 heteroatoms. The zero-order valence-corrected chi connectivity index (χ0v) is 13.9. The number of nitrogens with zero attached hydrogens (tertiary/aromatic N) is 3. The van der Waals surface area contributed by atoms with Gasteiger partial charge < -0.3 is 15.1 Å². The van der Waals surface area contributed by atoms with Crippen LogP contribution in [-0.4, -0.2) is 49.2 Å².